The summed E-state index contributed by atoms with van der Waals surface area (Å²) in [6, 6.07) is 8.46. The first-order chi connectivity index (χ1) is 8.27. The lowest BCUT2D eigenvalue weighted by molar-refractivity contribution is 0.437. The number of rotatable bonds is 4. The molecule has 1 rings (SSSR count). The van der Waals surface area contributed by atoms with Gasteiger partial charge in [0.2, 0.25) is 10.0 Å². The molecule has 0 heterocycles. The van der Waals surface area contributed by atoms with Crippen molar-refractivity contribution in [2.75, 3.05) is 32.3 Å². The van der Waals surface area contributed by atoms with Gasteiger partial charge in [0.25, 0.3) is 0 Å². The zero-order valence-electron chi connectivity index (χ0n) is 11.0. The number of sulfonamides is 1. The van der Waals surface area contributed by atoms with Crippen molar-refractivity contribution >= 4 is 15.7 Å². The van der Waals surface area contributed by atoms with E-state index in [9.17, 15) is 8.42 Å². The maximum absolute atomic E-state index is 11.4. The molecule has 0 fully saturated rings. The van der Waals surface area contributed by atoms with Gasteiger partial charge in [0, 0.05) is 26.8 Å². The molecule has 0 saturated carbocycles. The van der Waals surface area contributed by atoms with Gasteiger partial charge in [-0.1, -0.05) is 12.1 Å². The third-order valence-electron chi connectivity index (χ3n) is 2.73. The Kier molecular flexibility index (Phi) is 4.33. The fraction of sp³-hybridized carbons (Fsp3) is 0.417. The fourth-order valence-corrected chi connectivity index (χ4v) is 2.06. The van der Waals surface area contributed by atoms with Crippen LogP contribution in [-0.4, -0.2) is 40.1 Å². The predicted octanol–water partition coefficient (Wildman–Crippen LogP) is 1.21. The molecule has 6 heteroatoms. The molecule has 1 aromatic carbocycles. The molecule has 0 bridgehead atoms. The molecule has 0 aliphatic carbocycles. The molecule has 0 aliphatic rings. The summed E-state index contributed by atoms with van der Waals surface area (Å²) in [4.78, 5) is 1.94. The minimum Gasteiger partial charge on any atom is -0.378 e. The maximum Gasteiger partial charge on any atom is 0.212 e. The number of benzene rings is 1. The van der Waals surface area contributed by atoms with E-state index in [4.69, 9.17) is 5.26 Å². The van der Waals surface area contributed by atoms with E-state index < -0.39 is 16.1 Å². The molecular weight excluding hydrogens is 250 g/mol. The van der Waals surface area contributed by atoms with Gasteiger partial charge in [-0.2, -0.15) is 9.57 Å². The normalized spacial score (nSPS) is 13.1. The largest absolute Gasteiger partial charge is 0.378 e. The Bertz CT molecular complexity index is 544. The van der Waals surface area contributed by atoms with E-state index in [0.717, 1.165) is 16.2 Å². The van der Waals surface area contributed by atoms with Crippen LogP contribution >= 0.6 is 0 Å². The van der Waals surface area contributed by atoms with Gasteiger partial charge in [0.05, 0.1) is 12.3 Å². The van der Waals surface area contributed by atoms with Crippen molar-refractivity contribution in [2.24, 2.45) is 0 Å². The number of nitriles is 1. The lowest BCUT2D eigenvalue weighted by Crippen LogP contribution is -2.29. The maximum atomic E-state index is 11.4. The third-order valence-corrected chi connectivity index (χ3v) is 3.99. The SMILES string of the molecule is CN(C)c1ccc(C(C#N)N(C)S(C)(=O)=O)cc1. The van der Waals surface area contributed by atoms with E-state index in [2.05, 4.69) is 0 Å². The minimum atomic E-state index is -3.39. The van der Waals surface area contributed by atoms with Crippen molar-refractivity contribution in [3.8, 4) is 6.07 Å². The van der Waals surface area contributed by atoms with Crippen LogP contribution in [0.3, 0.4) is 0 Å². The van der Waals surface area contributed by atoms with Gasteiger partial charge in [-0.3, -0.25) is 0 Å². The fourth-order valence-electron chi connectivity index (χ4n) is 1.51. The molecule has 0 amide bonds. The van der Waals surface area contributed by atoms with Crippen LogP contribution in [0.2, 0.25) is 0 Å². The molecular formula is C12H17N3O2S. The molecule has 18 heavy (non-hydrogen) atoms. The van der Waals surface area contributed by atoms with Crippen LogP contribution in [0, 0.1) is 11.3 Å². The molecule has 5 nitrogen and oxygen atoms in total. The van der Waals surface area contributed by atoms with Crippen molar-refractivity contribution < 1.29 is 8.42 Å². The van der Waals surface area contributed by atoms with Crippen LogP contribution in [0.25, 0.3) is 0 Å². The summed E-state index contributed by atoms with van der Waals surface area (Å²) in [5.74, 6) is 0. The first-order valence-electron chi connectivity index (χ1n) is 5.37. The Hall–Kier alpha value is -1.58. The summed E-state index contributed by atoms with van der Waals surface area (Å²) in [6.45, 7) is 0. The highest BCUT2D eigenvalue weighted by molar-refractivity contribution is 7.88. The summed E-state index contributed by atoms with van der Waals surface area (Å²) in [6.07, 6.45) is 1.09. The molecule has 1 aromatic rings. The molecule has 0 radical (unpaired) electrons. The number of hydrogen-bond acceptors (Lipinski definition) is 4. The van der Waals surface area contributed by atoms with Gasteiger partial charge in [-0.05, 0) is 17.7 Å². The van der Waals surface area contributed by atoms with E-state index in [1.54, 1.807) is 12.1 Å². The summed E-state index contributed by atoms with van der Waals surface area (Å²) in [5.41, 5.74) is 1.66. The topological polar surface area (TPSA) is 64.4 Å². The second-order valence-electron chi connectivity index (χ2n) is 4.30. The summed E-state index contributed by atoms with van der Waals surface area (Å²) < 4.78 is 24.0. The molecule has 0 saturated heterocycles. The Morgan fingerprint density at radius 3 is 2.00 bits per heavy atom. The van der Waals surface area contributed by atoms with Crippen molar-refractivity contribution in [1.29, 1.82) is 5.26 Å². The number of anilines is 1. The van der Waals surface area contributed by atoms with Gasteiger partial charge < -0.3 is 4.90 Å². The summed E-state index contributed by atoms with van der Waals surface area (Å²) in [7, 11) is 1.85. The Morgan fingerprint density at radius 2 is 1.67 bits per heavy atom. The van der Waals surface area contributed by atoms with Gasteiger partial charge in [0.1, 0.15) is 6.04 Å². The van der Waals surface area contributed by atoms with Crippen LogP contribution in [0.5, 0.6) is 0 Å². The van der Waals surface area contributed by atoms with E-state index in [0.29, 0.717) is 5.56 Å². The van der Waals surface area contributed by atoms with Crippen LogP contribution in [0.15, 0.2) is 24.3 Å². The van der Waals surface area contributed by atoms with Crippen LogP contribution in [0.1, 0.15) is 11.6 Å². The predicted molar refractivity (Wildman–Crippen MR) is 71.7 cm³/mol. The highest BCUT2D eigenvalue weighted by Crippen LogP contribution is 2.23. The Morgan fingerprint density at radius 1 is 1.17 bits per heavy atom. The molecule has 1 atom stereocenters. The lowest BCUT2D eigenvalue weighted by Gasteiger charge is -2.21. The Balaban J connectivity index is 3.08. The minimum absolute atomic E-state index is 0.663. The van der Waals surface area contributed by atoms with E-state index in [1.807, 2.05) is 37.2 Å². The van der Waals surface area contributed by atoms with E-state index in [-0.39, 0.29) is 0 Å². The third kappa shape index (κ3) is 3.22. The first-order valence-corrected chi connectivity index (χ1v) is 7.22. The van der Waals surface area contributed by atoms with E-state index in [1.165, 1.54) is 7.05 Å². The van der Waals surface area contributed by atoms with Crippen molar-refractivity contribution in [3.05, 3.63) is 29.8 Å². The second-order valence-corrected chi connectivity index (χ2v) is 6.34. The average Bonchev–Trinajstić information content (AvgIpc) is 2.29. The summed E-state index contributed by atoms with van der Waals surface area (Å²) in [5, 5.41) is 9.13. The number of hydrogen-bond donors (Lipinski definition) is 0. The standard InChI is InChI=1S/C12H17N3O2S/c1-14(2)11-7-5-10(6-8-11)12(9-13)15(3)18(4,16)17/h5-8,12H,1-4H3. The van der Waals surface area contributed by atoms with Gasteiger partial charge in [0.15, 0.2) is 0 Å². The molecule has 98 valence electrons. The zero-order chi connectivity index (χ0) is 13.9. The highest BCUT2D eigenvalue weighted by Gasteiger charge is 2.23. The number of nitrogens with zero attached hydrogens (tertiary/aromatic N) is 3. The summed E-state index contributed by atoms with van der Waals surface area (Å²) >= 11 is 0. The van der Waals surface area contributed by atoms with Gasteiger partial charge in [-0.15, -0.1) is 0 Å². The molecule has 0 aliphatic heterocycles. The van der Waals surface area contributed by atoms with Crippen molar-refractivity contribution in [2.45, 2.75) is 6.04 Å². The monoisotopic (exact) mass is 267 g/mol. The lowest BCUT2D eigenvalue weighted by atomic mass is 10.1. The van der Waals surface area contributed by atoms with Crippen molar-refractivity contribution in [1.82, 2.24) is 4.31 Å². The first kappa shape index (κ1) is 14.5. The van der Waals surface area contributed by atoms with Crippen LogP contribution in [-0.2, 0) is 10.0 Å². The molecule has 0 aromatic heterocycles. The zero-order valence-corrected chi connectivity index (χ0v) is 11.8. The van der Waals surface area contributed by atoms with Gasteiger partial charge >= 0.3 is 0 Å². The average molecular weight is 267 g/mol. The van der Waals surface area contributed by atoms with Gasteiger partial charge in [-0.25, -0.2) is 8.42 Å². The van der Waals surface area contributed by atoms with E-state index >= 15 is 0 Å². The van der Waals surface area contributed by atoms with Crippen molar-refractivity contribution in [3.63, 3.8) is 0 Å². The molecule has 0 N–H and O–H groups in total. The quantitative estimate of drug-likeness (QED) is 0.822. The van der Waals surface area contributed by atoms with Crippen LogP contribution in [0.4, 0.5) is 5.69 Å². The van der Waals surface area contributed by atoms with Crippen LogP contribution < -0.4 is 4.90 Å². The smallest absolute Gasteiger partial charge is 0.212 e. The second kappa shape index (κ2) is 5.38. The molecule has 1 unspecified atom stereocenters. The highest BCUT2D eigenvalue weighted by atomic mass is 32.2. The Labute approximate surface area is 108 Å². The molecule has 0 spiro atoms.